The van der Waals surface area contributed by atoms with Crippen molar-refractivity contribution >= 4 is 33.0 Å². The van der Waals surface area contributed by atoms with Gasteiger partial charge in [0.15, 0.2) is 0 Å². The molecule has 0 radical (unpaired) electrons. The van der Waals surface area contributed by atoms with Gasteiger partial charge in [-0.2, -0.15) is 4.31 Å². The zero-order valence-electron chi connectivity index (χ0n) is 16.5. The Morgan fingerprint density at radius 1 is 1.21 bits per heavy atom. The van der Waals surface area contributed by atoms with Crippen LogP contribution in [0, 0.1) is 0 Å². The van der Waals surface area contributed by atoms with Crippen molar-refractivity contribution in [2.75, 3.05) is 31.5 Å². The van der Waals surface area contributed by atoms with E-state index < -0.39 is 10.0 Å². The number of hydrogen-bond acceptors (Lipinski definition) is 5. The van der Waals surface area contributed by atoms with Crippen molar-refractivity contribution in [3.63, 3.8) is 0 Å². The number of rotatable bonds is 7. The summed E-state index contributed by atoms with van der Waals surface area (Å²) in [5, 5.41) is 4.99. The molecule has 1 aliphatic heterocycles. The Labute approximate surface area is 171 Å². The van der Waals surface area contributed by atoms with Crippen LogP contribution in [-0.4, -0.2) is 49.7 Å². The van der Waals surface area contributed by atoms with Gasteiger partial charge in [-0.3, -0.25) is 9.69 Å². The fourth-order valence-electron chi connectivity index (χ4n) is 3.59. The van der Waals surface area contributed by atoms with Crippen LogP contribution in [0.25, 0.3) is 0 Å². The number of nitrogens with one attached hydrogen (secondary N) is 1. The quantitative estimate of drug-likeness (QED) is 0.744. The van der Waals surface area contributed by atoms with Gasteiger partial charge < -0.3 is 5.32 Å². The minimum atomic E-state index is -3.49. The number of fused-ring (bicyclic) bond motifs is 1. The number of benzene rings is 1. The summed E-state index contributed by atoms with van der Waals surface area (Å²) in [6.45, 7) is 7.80. The van der Waals surface area contributed by atoms with E-state index in [0.29, 0.717) is 25.3 Å². The zero-order chi connectivity index (χ0) is 20.3. The lowest BCUT2D eigenvalue weighted by molar-refractivity contribution is -0.117. The summed E-state index contributed by atoms with van der Waals surface area (Å²) in [4.78, 5) is 16.3. The van der Waals surface area contributed by atoms with Crippen molar-refractivity contribution < 1.29 is 13.2 Å². The smallest absolute Gasteiger partial charge is 0.243 e. The average Bonchev–Trinajstić information content (AvgIpc) is 3.15. The molecule has 0 saturated heterocycles. The summed E-state index contributed by atoms with van der Waals surface area (Å²) in [5.74, 6) is -0.0927. The van der Waals surface area contributed by atoms with Crippen molar-refractivity contribution in [1.29, 1.82) is 0 Å². The summed E-state index contributed by atoms with van der Waals surface area (Å²) in [7, 11) is -3.49. The molecule has 2 aromatic rings. The maximum absolute atomic E-state index is 12.5. The molecule has 1 atom stereocenters. The van der Waals surface area contributed by atoms with Gasteiger partial charge >= 0.3 is 0 Å². The van der Waals surface area contributed by atoms with E-state index in [1.54, 1.807) is 35.6 Å². The van der Waals surface area contributed by atoms with E-state index in [2.05, 4.69) is 28.6 Å². The number of amides is 1. The summed E-state index contributed by atoms with van der Waals surface area (Å²) in [6.07, 6.45) is 0.975. The van der Waals surface area contributed by atoms with Gasteiger partial charge in [0.1, 0.15) is 0 Å². The van der Waals surface area contributed by atoms with Crippen LogP contribution in [0.3, 0.4) is 0 Å². The van der Waals surface area contributed by atoms with E-state index in [1.165, 1.54) is 14.7 Å². The molecule has 0 bridgehead atoms. The summed E-state index contributed by atoms with van der Waals surface area (Å²) in [5.41, 5.74) is 1.92. The van der Waals surface area contributed by atoms with E-state index in [9.17, 15) is 13.2 Å². The third kappa shape index (κ3) is 4.30. The molecular weight excluding hydrogens is 394 g/mol. The molecule has 0 saturated carbocycles. The Hall–Kier alpha value is -1.74. The molecule has 1 amide bonds. The second-order valence-electron chi connectivity index (χ2n) is 6.86. The number of sulfonamides is 1. The largest absolute Gasteiger partial charge is 0.325 e. The van der Waals surface area contributed by atoms with Crippen molar-refractivity contribution in [2.45, 2.75) is 38.1 Å². The molecule has 28 heavy (non-hydrogen) atoms. The molecule has 6 nitrogen and oxygen atoms in total. The molecule has 1 N–H and O–H groups in total. The molecular formula is C20H27N3O3S2. The van der Waals surface area contributed by atoms with Gasteiger partial charge in [-0.1, -0.05) is 13.8 Å². The molecule has 1 aliphatic rings. The monoisotopic (exact) mass is 421 g/mol. The number of thiophene rings is 1. The minimum Gasteiger partial charge on any atom is -0.325 e. The fourth-order valence-corrected chi connectivity index (χ4v) is 6.01. The highest BCUT2D eigenvalue weighted by atomic mass is 32.2. The van der Waals surface area contributed by atoms with Crippen LogP contribution in [0.1, 0.15) is 37.3 Å². The lowest BCUT2D eigenvalue weighted by Gasteiger charge is -2.32. The first-order valence-corrected chi connectivity index (χ1v) is 11.9. The fraction of sp³-hybridized carbons (Fsp3) is 0.450. The summed E-state index contributed by atoms with van der Waals surface area (Å²) < 4.78 is 26.5. The Morgan fingerprint density at radius 2 is 1.89 bits per heavy atom. The van der Waals surface area contributed by atoms with Crippen LogP contribution in [-0.2, 0) is 21.2 Å². The van der Waals surface area contributed by atoms with E-state index in [0.717, 1.165) is 13.0 Å². The number of nitrogens with zero attached hydrogens (tertiary/aromatic N) is 2. The first-order chi connectivity index (χ1) is 13.4. The van der Waals surface area contributed by atoms with Crippen molar-refractivity contribution in [1.82, 2.24) is 9.21 Å². The SMILES string of the molecule is CCN(CC)S(=O)(=O)c1ccc(NC(=O)CN2CCc3sccc3C2C)cc1. The van der Waals surface area contributed by atoms with Gasteiger partial charge in [-0.15, -0.1) is 11.3 Å². The molecule has 152 valence electrons. The lowest BCUT2D eigenvalue weighted by atomic mass is 10.0. The van der Waals surface area contributed by atoms with Gasteiger partial charge in [0, 0.05) is 36.2 Å². The Balaban J connectivity index is 1.62. The number of hydrogen-bond donors (Lipinski definition) is 1. The minimum absolute atomic E-state index is 0.0927. The zero-order valence-corrected chi connectivity index (χ0v) is 18.1. The molecule has 0 spiro atoms. The Kier molecular flexibility index (Phi) is 6.54. The Bertz CT molecular complexity index is 918. The highest BCUT2D eigenvalue weighted by molar-refractivity contribution is 7.89. The second-order valence-corrected chi connectivity index (χ2v) is 9.80. The van der Waals surface area contributed by atoms with Crippen molar-refractivity contribution in [3.8, 4) is 0 Å². The third-order valence-electron chi connectivity index (χ3n) is 5.23. The molecule has 2 heterocycles. The summed E-state index contributed by atoms with van der Waals surface area (Å²) in [6, 6.07) is 8.75. The first kappa shape index (κ1) is 21.0. The molecule has 1 unspecified atom stereocenters. The van der Waals surface area contributed by atoms with E-state index in [4.69, 9.17) is 0 Å². The molecule has 0 fully saturated rings. The van der Waals surface area contributed by atoms with E-state index >= 15 is 0 Å². The van der Waals surface area contributed by atoms with Gasteiger partial charge in [-0.25, -0.2) is 8.42 Å². The maximum atomic E-state index is 12.5. The second kappa shape index (κ2) is 8.73. The lowest BCUT2D eigenvalue weighted by Crippen LogP contribution is -2.39. The van der Waals surface area contributed by atoms with Crippen LogP contribution in [0.2, 0.25) is 0 Å². The number of anilines is 1. The summed E-state index contributed by atoms with van der Waals surface area (Å²) >= 11 is 1.78. The van der Waals surface area contributed by atoms with Gasteiger partial charge in [0.05, 0.1) is 11.4 Å². The predicted octanol–water partition coefficient (Wildman–Crippen LogP) is 3.34. The van der Waals surface area contributed by atoms with Gasteiger partial charge in [0.2, 0.25) is 15.9 Å². The van der Waals surface area contributed by atoms with Gasteiger partial charge in [0.25, 0.3) is 0 Å². The third-order valence-corrected chi connectivity index (χ3v) is 8.29. The van der Waals surface area contributed by atoms with Crippen LogP contribution >= 0.6 is 11.3 Å². The molecule has 3 rings (SSSR count). The highest BCUT2D eigenvalue weighted by Gasteiger charge is 2.26. The average molecular weight is 422 g/mol. The van der Waals surface area contributed by atoms with Crippen molar-refractivity contribution in [3.05, 3.63) is 46.2 Å². The standard InChI is InChI=1S/C20H27N3O3S2/c1-4-23(5-2)28(25,26)17-8-6-16(7-9-17)21-20(24)14-22-12-10-19-18(15(22)3)11-13-27-19/h6-9,11,13,15H,4-5,10,12,14H2,1-3H3,(H,21,24). The molecule has 8 heteroatoms. The molecule has 1 aromatic carbocycles. The number of carbonyl (C=O) groups excluding carboxylic acids is 1. The van der Waals surface area contributed by atoms with Gasteiger partial charge in [-0.05, 0) is 54.6 Å². The Morgan fingerprint density at radius 3 is 2.54 bits per heavy atom. The van der Waals surface area contributed by atoms with E-state index in [1.807, 2.05) is 13.8 Å². The molecule has 0 aliphatic carbocycles. The molecule has 1 aromatic heterocycles. The highest BCUT2D eigenvalue weighted by Crippen LogP contribution is 2.32. The van der Waals surface area contributed by atoms with Crippen LogP contribution < -0.4 is 5.32 Å². The predicted molar refractivity (Wildman–Crippen MR) is 113 cm³/mol. The first-order valence-electron chi connectivity index (χ1n) is 9.57. The van der Waals surface area contributed by atoms with Crippen LogP contribution in [0.4, 0.5) is 5.69 Å². The van der Waals surface area contributed by atoms with Crippen LogP contribution in [0.5, 0.6) is 0 Å². The van der Waals surface area contributed by atoms with Crippen LogP contribution in [0.15, 0.2) is 40.6 Å². The van der Waals surface area contributed by atoms with Crippen molar-refractivity contribution in [2.24, 2.45) is 0 Å². The van der Waals surface area contributed by atoms with E-state index in [-0.39, 0.29) is 16.8 Å². The topological polar surface area (TPSA) is 69.7 Å². The normalized spacial score (nSPS) is 17.5. The number of carbonyl (C=O) groups is 1. The maximum Gasteiger partial charge on any atom is 0.243 e.